The zero-order chi connectivity index (χ0) is 19.0. The third kappa shape index (κ3) is 3.39. The van der Waals surface area contributed by atoms with Gasteiger partial charge in [-0.15, -0.1) is 0 Å². The third-order valence-electron chi connectivity index (χ3n) is 4.04. The predicted octanol–water partition coefficient (Wildman–Crippen LogP) is 5.20. The maximum absolute atomic E-state index is 11.0. The van der Waals surface area contributed by atoms with Gasteiger partial charge in [-0.2, -0.15) is 0 Å². The van der Waals surface area contributed by atoms with Crippen molar-refractivity contribution in [3.63, 3.8) is 0 Å². The molecule has 0 bridgehead atoms. The molecule has 0 saturated heterocycles. The molecule has 0 atom stereocenters. The molecule has 0 saturated carbocycles. The van der Waals surface area contributed by atoms with Gasteiger partial charge >= 0.3 is 0 Å². The molecule has 4 rings (SSSR count). The van der Waals surface area contributed by atoms with Gasteiger partial charge in [0.1, 0.15) is 5.75 Å². The Morgan fingerprint density at radius 3 is 2.74 bits per heavy atom. The summed E-state index contributed by atoms with van der Waals surface area (Å²) < 4.78 is 6.36. The van der Waals surface area contributed by atoms with Crippen molar-refractivity contribution in [2.75, 3.05) is 11.9 Å². The topological polar surface area (TPSA) is 90.2 Å². The molecule has 4 aromatic rings. The summed E-state index contributed by atoms with van der Waals surface area (Å²) in [4.78, 5) is 19.7. The number of rotatable bonds is 5. The van der Waals surface area contributed by atoms with E-state index in [-0.39, 0.29) is 5.69 Å². The number of aromatic nitrogens is 2. The van der Waals surface area contributed by atoms with Crippen molar-refractivity contribution in [2.24, 2.45) is 0 Å². The van der Waals surface area contributed by atoms with Crippen LogP contribution in [0.25, 0.3) is 21.1 Å². The molecule has 1 N–H and O–H groups in total. The molecule has 0 fully saturated rings. The molecule has 8 heteroatoms. The molecule has 7 nitrogen and oxygen atoms in total. The minimum Gasteiger partial charge on any atom is -0.494 e. The van der Waals surface area contributed by atoms with Crippen LogP contribution >= 0.6 is 11.3 Å². The highest BCUT2D eigenvalue weighted by molar-refractivity contribution is 7.22. The molecule has 0 aliphatic carbocycles. The zero-order valence-electron chi connectivity index (χ0n) is 14.7. The highest BCUT2D eigenvalue weighted by Crippen LogP contribution is 2.34. The van der Waals surface area contributed by atoms with Crippen LogP contribution in [0.2, 0.25) is 0 Å². The fourth-order valence-corrected chi connectivity index (χ4v) is 3.80. The summed E-state index contributed by atoms with van der Waals surface area (Å²) in [6, 6.07) is 12.4. The standard InChI is InChI=1S/C19H16N4O3S/c1-3-26-13-5-7-15-14(10-13)17(8-11(2)20-15)22-19-21-16-6-4-12(23(24)25)9-18(16)27-19/h4-10H,3H2,1-2H3,(H,20,21,22). The lowest BCUT2D eigenvalue weighted by atomic mass is 10.1. The molecule has 0 unspecified atom stereocenters. The second-order valence-corrected chi connectivity index (χ2v) is 7.01. The van der Waals surface area contributed by atoms with Crippen LogP contribution in [0.5, 0.6) is 5.75 Å². The highest BCUT2D eigenvalue weighted by atomic mass is 32.1. The molecule has 0 aliphatic heterocycles. The summed E-state index contributed by atoms with van der Waals surface area (Å²) in [6.45, 7) is 4.46. The molecular formula is C19H16N4O3S. The van der Waals surface area contributed by atoms with Crippen LogP contribution < -0.4 is 10.1 Å². The van der Waals surface area contributed by atoms with E-state index in [1.165, 1.54) is 17.4 Å². The first kappa shape index (κ1) is 17.2. The smallest absolute Gasteiger partial charge is 0.270 e. The van der Waals surface area contributed by atoms with E-state index in [0.717, 1.165) is 38.3 Å². The van der Waals surface area contributed by atoms with Crippen LogP contribution in [0.3, 0.4) is 0 Å². The lowest BCUT2D eigenvalue weighted by Gasteiger charge is -2.10. The van der Waals surface area contributed by atoms with Gasteiger partial charge < -0.3 is 10.1 Å². The summed E-state index contributed by atoms with van der Waals surface area (Å²) >= 11 is 1.37. The Kier molecular flexibility index (Phi) is 4.33. The van der Waals surface area contributed by atoms with Crippen molar-refractivity contribution in [3.8, 4) is 5.75 Å². The molecule has 0 aliphatic rings. The Morgan fingerprint density at radius 2 is 1.96 bits per heavy atom. The number of nitrogens with zero attached hydrogens (tertiary/aromatic N) is 3. The molecule has 2 heterocycles. The van der Waals surface area contributed by atoms with Gasteiger partial charge in [0.2, 0.25) is 0 Å². The number of non-ortho nitro benzene ring substituents is 1. The van der Waals surface area contributed by atoms with Crippen LogP contribution in [-0.4, -0.2) is 21.5 Å². The van der Waals surface area contributed by atoms with Gasteiger partial charge in [0.25, 0.3) is 5.69 Å². The number of benzene rings is 2. The van der Waals surface area contributed by atoms with Crippen LogP contribution in [0.4, 0.5) is 16.5 Å². The first-order valence-electron chi connectivity index (χ1n) is 8.39. The number of nitro benzene ring substituents is 1. The number of nitro groups is 1. The van der Waals surface area contributed by atoms with Crippen molar-refractivity contribution < 1.29 is 9.66 Å². The molecule has 2 aromatic heterocycles. The lowest BCUT2D eigenvalue weighted by Crippen LogP contribution is -1.96. The normalized spacial score (nSPS) is 11.0. The third-order valence-corrected chi connectivity index (χ3v) is 4.98. The fraction of sp³-hybridized carbons (Fsp3) is 0.158. The van der Waals surface area contributed by atoms with E-state index in [1.54, 1.807) is 12.1 Å². The molecule has 0 amide bonds. The van der Waals surface area contributed by atoms with Gasteiger partial charge in [0.05, 0.1) is 33.0 Å². The largest absolute Gasteiger partial charge is 0.494 e. The van der Waals surface area contributed by atoms with E-state index in [4.69, 9.17) is 4.74 Å². The Morgan fingerprint density at radius 1 is 1.15 bits per heavy atom. The van der Waals surface area contributed by atoms with Crippen molar-refractivity contribution >= 4 is 49.0 Å². The number of thiazole rings is 1. The maximum Gasteiger partial charge on any atom is 0.270 e. The maximum atomic E-state index is 11.0. The predicted molar refractivity (Wildman–Crippen MR) is 107 cm³/mol. The molecule has 2 aromatic carbocycles. The number of pyridine rings is 1. The second-order valence-electron chi connectivity index (χ2n) is 5.98. The van der Waals surface area contributed by atoms with Crippen molar-refractivity contribution in [1.82, 2.24) is 9.97 Å². The van der Waals surface area contributed by atoms with Crippen LogP contribution in [-0.2, 0) is 0 Å². The van der Waals surface area contributed by atoms with E-state index in [2.05, 4.69) is 15.3 Å². The Hall–Kier alpha value is -3.26. The van der Waals surface area contributed by atoms with Crippen LogP contribution in [0.15, 0.2) is 42.5 Å². The van der Waals surface area contributed by atoms with Gasteiger partial charge in [-0.05, 0) is 44.2 Å². The molecule has 136 valence electrons. The average molecular weight is 380 g/mol. The van der Waals surface area contributed by atoms with Crippen molar-refractivity contribution in [3.05, 3.63) is 58.3 Å². The highest BCUT2D eigenvalue weighted by Gasteiger charge is 2.12. The number of hydrogen-bond acceptors (Lipinski definition) is 7. The van der Waals surface area contributed by atoms with Gasteiger partial charge in [0, 0.05) is 23.2 Å². The average Bonchev–Trinajstić information content (AvgIpc) is 3.03. The number of anilines is 2. The molecule has 0 spiro atoms. The summed E-state index contributed by atoms with van der Waals surface area (Å²) in [5, 5.41) is 15.9. The van der Waals surface area contributed by atoms with Gasteiger partial charge in [-0.3, -0.25) is 15.1 Å². The van der Waals surface area contributed by atoms with Gasteiger partial charge in [-0.1, -0.05) is 11.3 Å². The summed E-state index contributed by atoms with van der Waals surface area (Å²) in [6.07, 6.45) is 0. The van der Waals surface area contributed by atoms with Gasteiger partial charge in [0.15, 0.2) is 5.13 Å². The number of hydrogen-bond donors (Lipinski definition) is 1. The summed E-state index contributed by atoms with van der Waals surface area (Å²) in [5.74, 6) is 0.777. The van der Waals surface area contributed by atoms with E-state index in [9.17, 15) is 10.1 Å². The zero-order valence-corrected chi connectivity index (χ0v) is 15.5. The first-order chi connectivity index (χ1) is 13.0. The molecule has 27 heavy (non-hydrogen) atoms. The van der Waals surface area contributed by atoms with E-state index >= 15 is 0 Å². The minimum atomic E-state index is -0.402. The summed E-state index contributed by atoms with van der Waals surface area (Å²) in [5.41, 5.74) is 3.39. The lowest BCUT2D eigenvalue weighted by molar-refractivity contribution is -0.384. The van der Waals surface area contributed by atoms with Crippen LogP contribution in [0, 0.1) is 17.0 Å². The monoisotopic (exact) mass is 380 g/mol. The number of aryl methyl sites for hydroxylation is 1. The Bertz CT molecular complexity index is 1170. The van der Waals surface area contributed by atoms with E-state index in [1.807, 2.05) is 38.1 Å². The van der Waals surface area contributed by atoms with E-state index in [0.29, 0.717) is 11.7 Å². The minimum absolute atomic E-state index is 0.0595. The SMILES string of the molecule is CCOc1ccc2nc(C)cc(Nc3nc4ccc([N+](=O)[O-])cc4s3)c2c1. The number of ether oxygens (including phenoxy) is 1. The van der Waals surface area contributed by atoms with Gasteiger partial charge in [-0.25, -0.2) is 4.98 Å². The summed E-state index contributed by atoms with van der Waals surface area (Å²) in [7, 11) is 0. The molecule has 0 radical (unpaired) electrons. The first-order valence-corrected chi connectivity index (χ1v) is 9.21. The number of nitrogens with one attached hydrogen (secondary N) is 1. The quantitative estimate of drug-likeness (QED) is 0.378. The Balaban J connectivity index is 1.76. The van der Waals surface area contributed by atoms with Crippen LogP contribution in [0.1, 0.15) is 12.6 Å². The van der Waals surface area contributed by atoms with Crippen molar-refractivity contribution in [1.29, 1.82) is 0 Å². The Labute approximate surface area is 158 Å². The van der Waals surface area contributed by atoms with E-state index < -0.39 is 4.92 Å². The number of fused-ring (bicyclic) bond motifs is 2. The molecular weight excluding hydrogens is 364 g/mol. The second kappa shape index (κ2) is 6.81. The fourth-order valence-electron chi connectivity index (χ4n) is 2.89. The van der Waals surface area contributed by atoms with Crippen molar-refractivity contribution in [2.45, 2.75) is 13.8 Å².